The molecule has 2 heterocycles. The number of likely N-dealkylation sites (tertiary alicyclic amines) is 2. The largest absolute Gasteiger partial charge is 0.412 e. The van der Waals surface area contributed by atoms with E-state index in [-0.39, 0.29) is 55.1 Å². The molecule has 2 N–H and O–H groups in total. The third-order valence-electron chi connectivity index (χ3n) is 9.53. The molecule has 0 amide bonds. The number of halogens is 4. The van der Waals surface area contributed by atoms with E-state index in [1.54, 1.807) is 0 Å². The Balaban J connectivity index is 0.000000853. The molecule has 0 aromatic heterocycles. The minimum Gasteiger partial charge on any atom is -0.412 e. The van der Waals surface area contributed by atoms with Gasteiger partial charge in [0.2, 0.25) is 0 Å². The Labute approximate surface area is 321 Å². The molecular formula is C40H58Cl4N4O. The summed E-state index contributed by atoms with van der Waals surface area (Å²) >= 11 is 0. The zero-order chi connectivity index (χ0) is 30.7. The molecule has 0 spiro atoms. The quantitative estimate of drug-likeness (QED) is 0.180. The van der Waals surface area contributed by atoms with Gasteiger partial charge in [-0.3, -0.25) is 9.80 Å². The van der Waals surface area contributed by atoms with Crippen molar-refractivity contribution in [3.8, 4) is 0 Å². The van der Waals surface area contributed by atoms with Crippen molar-refractivity contribution in [3.05, 3.63) is 131 Å². The summed E-state index contributed by atoms with van der Waals surface area (Å²) in [5.74, 6) is 0. The van der Waals surface area contributed by atoms with Gasteiger partial charge in [-0.1, -0.05) is 84.9 Å². The monoisotopic (exact) mass is 750 g/mol. The second kappa shape index (κ2) is 23.8. The molecule has 272 valence electrons. The topological polar surface area (TPSA) is 44.5 Å². The van der Waals surface area contributed by atoms with Crippen molar-refractivity contribution < 1.29 is 5.48 Å². The summed E-state index contributed by atoms with van der Waals surface area (Å²) in [4.78, 5) is 10.1. The van der Waals surface area contributed by atoms with Crippen molar-refractivity contribution in [3.63, 3.8) is 0 Å². The van der Waals surface area contributed by atoms with Crippen molar-refractivity contribution in [2.24, 2.45) is 0 Å². The van der Waals surface area contributed by atoms with Crippen LogP contribution in [0, 0.1) is 13.8 Å². The molecule has 2 saturated heterocycles. The molecule has 5 nitrogen and oxygen atoms in total. The van der Waals surface area contributed by atoms with Crippen LogP contribution in [-0.4, -0.2) is 67.6 Å². The highest BCUT2D eigenvalue weighted by atomic mass is 35.5. The third kappa shape index (κ3) is 14.3. The molecule has 0 saturated carbocycles. The fraction of sp³-hybridized carbons (Fsp3) is 0.400. The van der Waals surface area contributed by atoms with Gasteiger partial charge < -0.3 is 15.3 Å². The molecule has 9 heteroatoms. The van der Waals surface area contributed by atoms with Crippen LogP contribution in [0.5, 0.6) is 0 Å². The van der Waals surface area contributed by atoms with Crippen molar-refractivity contribution in [1.29, 1.82) is 0 Å². The molecule has 0 aliphatic carbocycles. The first-order chi connectivity index (χ1) is 21.4. The Morgan fingerprint density at radius 3 is 1.12 bits per heavy atom. The maximum Gasteiger partial charge on any atom is 0.0368 e. The normalized spacial score (nSPS) is 14.9. The highest BCUT2D eigenvalue weighted by molar-refractivity contribution is 5.86. The lowest BCUT2D eigenvalue weighted by Gasteiger charge is -2.38. The van der Waals surface area contributed by atoms with Crippen LogP contribution < -0.4 is 9.80 Å². The van der Waals surface area contributed by atoms with Crippen LogP contribution in [0.1, 0.15) is 47.9 Å². The van der Waals surface area contributed by atoms with Crippen LogP contribution in [0.25, 0.3) is 0 Å². The van der Waals surface area contributed by atoms with Crippen molar-refractivity contribution in [2.75, 3.05) is 50.1 Å². The Bertz CT molecular complexity index is 1310. The smallest absolute Gasteiger partial charge is 0.0368 e. The first kappa shape index (κ1) is 46.5. The van der Waals surface area contributed by atoms with E-state index < -0.39 is 0 Å². The number of rotatable bonds is 8. The summed E-state index contributed by atoms with van der Waals surface area (Å²) < 4.78 is 0. The summed E-state index contributed by atoms with van der Waals surface area (Å²) in [6, 6.07) is 40.6. The fourth-order valence-electron chi connectivity index (χ4n) is 6.73. The van der Waals surface area contributed by atoms with E-state index in [9.17, 15) is 0 Å². The van der Waals surface area contributed by atoms with Crippen molar-refractivity contribution in [1.82, 2.24) is 9.80 Å². The SMILES string of the molecule is Cc1cccc(N(C)C2CCN(Cc3ccccc3)CC2)c1.Cc1cccc(N(C)C2CCN(Cc3ccccc3)CC2)c1.Cl.Cl.Cl.Cl.O. The molecule has 2 aliphatic rings. The summed E-state index contributed by atoms with van der Waals surface area (Å²) in [7, 11) is 4.48. The molecule has 0 radical (unpaired) electrons. The molecule has 4 aromatic rings. The summed E-state index contributed by atoms with van der Waals surface area (Å²) in [5.41, 5.74) is 8.22. The molecule has 49 heavy (non-hydrogen) atoms. The number of aryl methyl sites for hydroxylation is 2. The van der Waals surface area contributed by atoms with Crippen LogP contribution >= 0.6 is 49.6 Å². The molecule has 0 bridgehead atoms. The number of hydrogen-bond donors (Lipinski definition) is 0. The number of hydrogen-bond acceptors (Lipinski definition) is 4. The second-order valence-corrected chi connectivity index (χ2v) is 12.9. The molecule has 0 unspecified atom stereocenters. The third-order valence-corrected chi connectivity index (χ3v) is 9.53. The van der Waals surface area contributed by atoms with Gasteiger partial charge in [-0.15, -0.1) is 49.6 Å². The van der Waals surface area contributed by atoms with Gasteiger partial charge in [-0.2, -0.15) is 0 Å². The minimum absolute atomic E-state index is 0. The predicted octanol–water partition coefficient (Wildman–Crippen LogP) is 9.05. The Morgan fingerprint density at radius 2 is 0.816 bits per heavy atom. The standard InChI is InChI=1S/2C20H26N2.4ClH.H2O/c2*1-17-7-6-10-20(15-17)21(2)19-11-13-22(14-12-19)16-18-8-4-3-5-9-18;;;;;/h2*3-10,15,19H,11-14,16H2,1-2H3;4*1H;1H2. The Hall–Kier alpha value is -2.48. The van der Waals surface area contributed by atoms with Gasteiger partial charge in [-0.05, 0) is 86.1 Å². The van der Waals surface area contributed by atoms with Crippen LogP contribution in [0.15, 0.2) is 109 Å². The van der Waals surface area contributed by atoms with Gasteiger partial charge in [0.15, 0.2) is 0 Å². The zero-order valence-electron chi connectivity index (χ0n) is 29.5. The van der Waals surface area contributed by atoms with E-state index in [4.69, 9.17) is 0 Å². The van der Waals surface area contributed by atoms with Gasteiger partial charge in [0.05, 0.1) is 0 Å². The van der Waals surface area contributed by atoms with Crippen LogP contribution in [0.2, 0.25) is 0 Å². The second-order valence-electron chi connectivity index (χ2n) is 12.9. The number of piperidine rings is 2. The molecule has 0 atom stereocenters. The van der Waals surface area contributed by atoms with Gasteiger partial charge in [-0.25, -0.2) is 0 Å². The van der Waals surface area contributed by atoms with E-state index in [0.717, 1.165) is 13.1 Å². The Kier molecular flexibility index (Phi) is 22.6. The summed E-state index contributed by atoms with van der Waals surface area (Å²) in [6.07, 6.45) is 4.99. The van der Waals surface area contributed by atoms with Gasteiger partial charge in [0.25, 0.3) is 0 Å². The van der Waals surface area contributed by atoms with Crippen LogP contribution in [0.4, 0.5) is 11.4 Å². The van der Waals surface area contributed by atoms with E-state index in [0.29, 0.717) is 12.1 Å². The summed E-state index contributed by atoms with van der Waals surface area (Å²) in [5, 5.41) is 0. The maximum atomic E-state index is 2.58. The van der Waals surface area contributed by atoms with Crippen molar-refractivity contribution in [2.45, 2.75) is 64.7 Å². The number of benzene rings is 4. The van der Waals surface area contributed by atoms with Gasteiger partial charge in [0, 0.05) is 76.8 Å². The van der Waals surface area contributed by atoms with E-state index in [1.807, 2.05) is 0 Å². The molecule has 4 aromatic carbocycles. The average Bonchev–Trinajstić information content (AvgIpc) is 3.06. The van der Waals surface area contributed by atoms with E-state index >= 15 is 0 Å². The van der Waals surface area contributed by atoms with Gasteiger partial charge in [0.1, 0.15) is 0 Å². The summed E-state index contributed by atoms with van der Waals surface area (Å²) in [6.45, 7) is 11.3. The maximum absolute atomic E-state index is 2.58. The lowest BCUT2D eigenvalue weighted by Crippen LogP contribution is -2.43. The molecule has 6 rings (SSSR count). The highest BCUT2D eigenvalue weighted by Gasteiger charge is 2.24. The molecule has 2 aliphatic heterocycles. The lowest BCUT2D eigenvalue weighted by molar-refractivity contribution is 0.203. The van der Waals surface area contributed by atoms with Crippen LogP contribution in [-0.2, 0) is 13.1 Å². The highest BCUT2D eigenvalue weighted by Crippen LogP contribution is 2.25. The first-order valence-corrected chi connectivity index (χ1v) is 16.6. The van der Waals surface area contributed by atoms with E-state index in [2.05, 4.69) is 157 Å². The van der Waals surface area contributed by atoms with Crippen molar-refractivity contribution >= 4 is 61.0 Å². The lowest BCUT2D eigenvalue weighted by atomic mass is 10.0. The fourth-order valence-corrected chi connectivity index (χ4v) is 6.73. The minimum atomic E-state index is 0. The Morgan fingerprint density at radius 1 is 0.490 bits per heavy atom. The molecule has 2 fully saturated rings. The average molecular weight is 753 g/mol. The van der Waals surface area contributed by atoms with Crippen LogP contribution in [0.3, 0.4) is 0 Å². The number of nitrogens with zero attached hydrogens (tertiary/aromatic N) is 4. The number of anilines is 2. The first-order valence-electron chi connectivity index (χ1n) is 16.6. The zero-order valence-corrected chi connectivity index (χ0v) is 32.8. The van der Waals surface area contributed by atoms with Gasteiger partial charge >= 0.3 is 0 Å². The molecular weight excluding hydrogens is 694 g/mol. The van der Waals surface area contributed by atoms with E-state index in [1.165, 1.54) is 85.5 Å². The predicted molar refractivity (Wildman–Crippen MR) is 221 cm³/mol.